The van der Waals surface area contributed by atoms with Gasteiger partial charge in [0.1, 0.15) is 11.6 Å². The number of rotatable bonds is 7. The number of ether oxygens (including phenoxy) is 2. The van der Waals surface area contributed by atoms with Crippen LogP contribution in [0.3, 0.4) is 0 Å². The van der Waals surface area contributed by atoms with Crippen LogP contribution in [0.4, 0.5) is 15.9 Å². The quantitative estimate of drug-likeness (QED) is 0.461. The SMILES string of the molecule is O=C(CCc1nnc2ccc(NCc3ccc4c(c3)OCO4)nn12)Nc1ccc(F)cc1. The van der Waals surface area contributed by atoms with Crippen LogP contribution >= 0.6 is 0 Å². The molecule has 9 nitrogen and oxygen atoms in total. The van der Waals surface area contributed by atoms with Crippen molar-refractivity contribution in [2.24, 2.45) is 0 Å². The number of carbonyl (C=O) groups excluding carboxylic acids is 1. The van der Waals surface area contributed by atoms with E-state index in [4.69, 9.17) is 9.47 Å². The molecule has 32 heavy (non-hydrogen) atoms. The summed E-state index contributed by atoms with van der Waals surface area (Å²) in [6, 6.07) is 15.0. The third-order valence-corrected chi connectivity index (χ3v) is 4.94. The standard InChI is InChI=1S/C22H19FN6O3/c23-15-2-4-16(5-3-15)25-22(30)10-9-21-27-26-20-8-7-19(28-29(20)21)24-12-14-1-6-17-18(11-14)32-13-31-17/h1-8,11H,9-10,12-13H2,(H,24,28)(H,25,30). The number of carbonyl (C=O) groups is 1. The molecule has 5 rings (SSSR count). The number of amides is 1. The smallest absolute Gasteiger partial charge is 0.231 e. The van der Waals surface area contributed by atoms with Crippen molar-refractivity contribution in [3.05, 3.63) is 71.8 Å². The van der Waals surface area contributed by atoms with Crippen molar-refractivity contribution in [3.8, 4) is 11.5 Å². The van der Waals surface area contributed by atoms with E-state index in [-0.39, 0.29) is 24.9 Å². The van der Waals surface area contributed by atoms with Gasteiger partial charge in [0.15, 0.2) is 23.0 Å². The molecule has 0 atom stereocenters. The number of fused-ring (bicyclic) bond motifs is 2. The van der Waals surface area contributed by atoms with Crippen LogP contribution < -0.4 is 20.1 Å². The number of nitrogens with zero attached hydrogens (tertiary/aromatic N) is 4. The second-order valence-electron chi connectivity index (χ2n) is 7.20. The van der Waals surface area contributed by atoms with E-state index in [1.807, 2.05) is 30.3 Å². The number of hydrogen-bond acceptors (Lipinski definition) is 7. The van der Waals surface area contributed by atoms with E-state index in [9.17, 15) is 9.18 Å². The molecule has 2 aromatic heterocycles. The molecule has 1 amide bonds. The Labute approximate surface area is 182 Å². The van der Waals surface area contributed by atoms with Gasteiger partial charge in [-0.15, -0.1) is 15.3 Å². The minimum Gasteiger partial charge on any atom is -0.454 e. The topological polar surface area (TPSA) is 103 Å². The molecule has 0 unspecified atom stereocenters. The van der Waals surface area contributed by atoms with Gasteiger partial charge in [-0.3, -0.25) is 4.79 Å². The van der Waals surface area contributed by atoms with E-state index in [1.54, 1.807) is 4.52 Å². The fourth-order valence-corrected chi connectivity index (χ4v) is 3.31. The molecule has 10 heteroatoms. The highest BCUT2D eigenvalue weighted by Crippen LogP contribution is 2.32. The first-order valence-corrected chi connectivity index (χ1v) is 10.0. The summed E-state index contributed by atoms with van der Waals surface area (Å²) in [6.07, 6.45) is 0.543. The van der Waals surface area contributed by atoms with Gasteiger partial charge in [-0.2, -0.15) is 4.52 Å². The lowest BCUT2D eigenvalue weighted by atomic mass is 10.2. The molecule has 0 saturated carbocycles. The van der Waals surface area contributed by atoms with Crippen LogP contribution in [-0.4, -0.2) is 32.5 Å². The molecular weight excluding hydrogens is 415 g/mol. The van der Waals surface area contributed by atoms with Crippen LogP contribution in [0.1, 0.15) is 17.8 Å². The van der Waals surface area contributed by atoms with Gasteiger partial charge in [-0.25, -0.2) is 4.39 Å². The first kappa shape index (κ1) is 19.7. The average Bonchev–Trinajstić information content (AvgIpc) is 3.44. The number of nitrogens with one attached hydrogen (secondary N) is 2. The highest BCUT2D eigenvalue weighted by atomic mass is 19.1. The van der Waals surface area contributed by atoms with Crippen LogP contribution in [0.25, 0.3) is 5.65 Å². The molecule has 4 aromatic rings. The third-order valence-electron chi connectivity index (χ3n) is 4.94. The first-order chi connectivity index (χ1) is 15.6. The molecule has 0 aliphatic carbocycles. The number of aromatic nitrogens is 4. The maximum Gasteiger partial charge on any atom is 0.231 e. The normalized spacial score (nSPS) is 12.2. The van der Waals surface area contributed by atoms with Crippen molar-refractivity contribution >= 4 is 23.1 Å². The Morgan fingerprint density at radius 1 is 1.03 bits per heavy atom. The van der Waals surface area contributed by atoms with Crippen LogP contribution in [-0.2, 0) is 17.8 Å². The molecule has 1 aliphatic rings. The minimum atomic E-state index is -0.355. The summed E-state index contributed by atoms with van der Waals surface area (Å²) in [5, 5.41) is 18.8. The molecule has 2 N–H and O–H groups in total. The average molecular weight is 434 g/mol. The van der Waals surface area contributed by atoms with Crippen molar-refractivity contribution in [2.75, 3.05) is 17.4 Å². The van der Waals surface area contributed by atoms with E-state index in [1.165, 1.54) is 24.3 Å². The number of hydrogen-bond donors (Lipinski definition) is 2. The van der Waals surface area contributed by atoms with Gasteiger partial charge in [-0.1, -0.05) is 6.07 Å². The maximum absolute atomic E-state index is 13.0. The largest absolute Gasteiger partial charge is 0.454 e. The van der Waals surface area contributed by atoms with Gasteiger partial charge < -0.3 is 20.1 Å². The summed E-state index contributed by atoms with van der Waals surface area (Å²) in [7, 11) is 0. The number of halogens is 1. The van der Waals surface area contributed by atoms with Crippen LogP contribution in [0.15, 0.2) is 54.6 Å². The van der Waals surface area contributed by atoms with E-state index < -0.39 is 0 Å². The van der Waals surface area contributed by atoms with E-state index >= 15 is 0 Å². The molecule has 0 radical (unpaired) electrons. The number of aryl methyl sites for hydroxylation is 1. The van der Waals surface area contributed by atoms with Crippen molar-refractivity contribution in [1.82, 2.24) is 19.8 Å². The number of anilines is 2. The van der Waals surface area contributed by atoms with Crippen LogP contribution in [0.5, 0.6) is 11.5 Å². The molecule has 162 valence electrons. The molecule has 0 spiro atoms. The highest BCUT2D eigenvalue weighted by Gasteiger charge is 2.14. The molecule has 3 heterocycles. The van der Waals surface area contributed by atoms with E-state index in [2.05, 4.69) is 25.9 Å². The molecule has 2 aromatic carbocycles. The Balaban J connectivity index is 1.22. The zero-order chi connectivity index (χ0) is 21.9. The molecule has 0 bridgehead atoms. The fraction of sp³-hybridized carbons (Fsp3) is 0.182. The van der Waals surface area contributed by atoms with Crippen LogP contribution in [0.2, 0.25) is 0 Å². The van der Waals surface area contributed by atoms with Gasteiger partial charge >= 0.3 is 0 Å². The summed E-state index contributed by atoms with van der Waals surface area (Å²) in [5.74, 6) is 2.13. The Kier molecular flexibility index (Phi) is 5.24. The van der Waals surface area contributed by atoms with Gasteiger partial charge in [0.05, 0.1) is 0 Å². The summed E-state index contributed by atoms with van der Waals surface area (Å²) >= 11 is 0. The second-order valence-corrected chi connectivity index (χ2v) is 7.20. The van der Waals surface area contributed by atoms with Gasteiger partial charge in [-0.05, 0) is 54.1 Å². The van der Waals surface area contributed by atoms with Gasteiger partial charge in [0, 0.05) is 25.1 Å². The Bertz CT molecular complexity index is 1270. The minimum absolute atomic E-state index is 0.189. The van der Waals surface area contributed by atoms with Gasteiger partial charge in [0.25, 0.3) is 0 Å². The number of benzene rings is 2. The van der Waals surface area contributed by atoms with Gasteiger partial charge in [0.2, 0.25) is 12.7 Å². The summed E-state index contributed by atoms with van der Waals surface area (Å²) in [5.41, 5.74) is 2.15. The molecular formula is C22H19FN6O3. The second kappa shape index (κ2) is 8.50. The summed E-state index contributed by atoms with van der Waals surface area (Å²) in [4.78, 5) is 12.2. The predicted molar refractivity (Wildman–Crippen MR) is 114 cm³/mol. The Hall–Kier alpha value is -4.21. The van der Waals surface area contributed by atoms with Crippen LogP contribution in [0, 0.1) is 5.82 Å². The fourth-order valence-electron chi connectivity index (χ4n) is 3.31. The lowest BCUT2D eigenvalue weighted by Crippen LogP contribution is -2.13. The third kappa shape index (κ3) is 4.29. The molecule has 0 fully saturated rings. The van der Waals surface area contributed by atoms with Crippen molar-refractivity contribution in [1.29, 1.82) is 0 Å². The monoisotopic (exact) mass is 434 g/mol. The maximum atomic E-state index is 13.0. The Morgan fingerprint density at radius 3 is 2.75 bits per heavy atom. The van der Waals surface area contributed by atoms with E-state index in [0.29, 0.717) is 35.9 Å². The van der Waals surface area contributed by atoms with E-state index in [0.717, 1.165) is 17.1 Å². The summed E-state index contributed by atoms with van der Waals surface area (Å²) < 4.78 is 25.3. The Morgan fingerprint density at radius 2 is 1.88 bits per heavy atom. The lowest BCUT2D eigenvalue weighted by molar-refractivity contribution is -0.116. The predicted octanol–water partition coefficient (Wildman–Crippen LogP) is 3.18. The molecule has 1 aliphatic heterocycles. The van der Waals surface area contributed by atoms with Crippen molar-refractivity contribution < 1.29 is 18.7 Å². The van der Waals surface area contributed by atoms with Crippen molar-refractivity contribution in [2.45, 2.75) is 19.4 Å². The lowest BCUT2D eigenvalue weighted by Gasteiger charge is -2.08. The molecule has 0 saturated heterocycles. The highest BCUT2D eigenvalue weighted by molar-refractivity contribution is 5.90. The summed E-state index contributed by atoms with van der Waals surface area (Å²) in [6.45, 7) is 0.787. The first-order valence-electron chi connectivity index (χ1n) is 10.0. The zero-order valence-corrected chi connectivity index (χ0v) is 16.9. The van der Waals surface area contributed by atoms with Crippen molar-refractivity contribution in [3.63, 3.8) is 0 Å². The zero-order valence-electron chi connectivity index (χ0n) is 16.9.